The molecule has 35 heavy (non-hydrogen) atoms. The van der Waals surface area contributed by atoms with Crippen molar-refractivity contribution in [3.63, 3.8) is 0 Å². The predicted octanol–water partition coefficient (Wildman–Crippen LogP) is 5.11. The van der Waals surface area contributed by atoms with Crippen LogP contribution in [0.25, 0.3) is 11.0 Å². The highest BCUT2D eigenvalue weighted by Gasteiger charge is 2.38. The molecule has 2 N–H and O–H groups in total. The van der Waals surface area contributed by atoms with E-state index in [9.17, 15) is 14.7 Å². The van der Waals surface area contributed by atoms with Crippen LogP contribution >= 0.6 is 0 Å². The number of amides is 1. The van der Waals surface area contributed by atoms with Crippen LogP contribution in [0.3, 0.4) is 0 Å². The molecular formula is C28H30N4O3. The third-order valence-electron chi connectivity index (χ3n) is 7.18. The third kappa shape index (κ3) is 4.54. The fraction of sp³-hybridized carbons (Fsp3) is 0.286. The second-order valence-corrected chi connectivity index (χ2v) is 9.23. The summed E-state index contributed by atoms with van der Waals surface area (Å²) in [6, 6.07) is 27.5. The summed E-state index contributed by atoms with van der Waals surface area (Å²) in [7, 11) is 0. The number of H-pyrrole nitrogens is 1. The monoisotopic (exact) mass is 470 g/mol. The molecule has 1 aliphatic heterocycles. The maximum atomic E-state index is 12.9. The van der Waals surface area contributed by atoms with Crippen molar-refractivity contribution in [1.29, 1.82) is 0 Å². The van der Waals surface area contributed by atoms with Crippen molar-refractivity contribution in [3.05, 3.63) is 101 Å². The first kappa shape index (κ1) is 22.8. The summed E-state index contributed by atoms with van der Waals surface area (Å²) in [5.41, 5.74) is 3.72. The zero-order valence-electron chi connectivity index (χ0n) is 19.7. The summed E-state index contributed by atoms with van der Waals surface area (Å²) in [6.07, 6.45) is 0.244. The number of nitrogens with zero attached hydrogens (tertiary/aromatic N) is 3. The van der Waals surface area contributed by atoms with Crippen molar-refractivity contribution >= 4 is 22.8 Å². The van der Waals surface area contributed by atoms with Crippen LogP contribution in [0.4, 0.5) is 10.5 Å². The minimum Gasteiger partial charge on any atom is -0.465 e. The summed E-state index contributed by atoms with van der Waals surface area (Å²) in [5, 5.41) is 10.1. The molecule has 0 saturated carbocycles. The summed E-state index contributed by atoms with van der Waals surface area (Å²) < 4.78 is 1.82. The smallest absolute Gasteiger partial charge is 0.407 e. The van der Waals surface area contributed by atoms with Gasteiger partial charge < -0.3 is 19.9 Å². The van der Waals surface area contributed by atoms with Crippen LogP contribution in [0.5, 0.6) is 0 Å². The van der Waals surface area contributed by atoms with E-state index in [4.69, 9.17) is 0 Å². The average molecular weight is 471 g/mol. The van der Waals surface area contributed by atoms with Gasteiger partial charge in [0.15, 0.2) is 0 Å². The van der Waals surface area contributed by atoms with Crippen molar-refractivity contribution in [2.75, 3.05) is 11.4 Å². The standard InChI is InChI=1S/C28H30N4O3/c1-20(31(22-12-6-3-7-13-22)19-21-10-4-2-5-11-21)26-18-23(16-17-30(26)28(34)35)32-25-15-9-8-14-24(25)29-27(32)33/h2-15,20,23,26H,16-19H2,1H3,(H,29,33)(H,34,35). The normalized spacial score (nSPS) is 18.9. The number of fused-ring (bicyclic) bond motifs is 1. The molecule has 0 aliphatic carbocycles. The van der Waals surface area contributed by atoms with E-state index < -0.39 is 6.09 Å². The average Bonchev–Trinajstić information content (AvgIpc) is 3.23. The molecule has 7 nitrogen and oxygen atoms in total. The lowest BCUT2D eigenvalue weighted by molar-refractivity contribution is 0.0817. The molecule has 1 saturated heterocycles. The molecule has 3 aromatic carbocycles. The lowest BCUT2D eigenvalue weighted by Gasteiger charge is -2.45. The summed E-state index contributed by atoms with van der Waals surface area (Å²) in [4.78, 5) is 32.0. The van der Waals surface area contributed by atoms with Crippen molar-refractivity contribution in [2.24, 2.45) is 0 Å². The van der Waals surface area contributed by atoms with Gasteiger partial charge in [-0.15, -0.1) is 0 Å². The number of benzene rings is 3. The number of aromatic amines is 1. The minimum absolute atomic E-state index is 0.0870. The fourth-order valence-corrected chi connectivity index (χ4v) is 5.42. The Kier molecular flexibility index (Phi) is 6.31. The van der Waals surface area contributed by atoms with Crippen LogP contribution in [0, 0.1) is 0 Å². The fourth-order valence-electron chi connectivity index (χ4n) is 5.42. The zero-order chi connectivity index (χ0) is 24.4. The Morgan fingerprint density at radius 2 is 1.69 bits per heavy atom. The van der Waals surface area contributed by atoms with Gasteiger partial charge in [-0.3, -0.25) is 4.57 Å². The molecule has 3 atom stereocenters. The number of piperidine rings is 1. The first-order chi connectivity index (χ1) is 17.0. The van der Waals surface area contributed by atoms with E-state index in [1.807, 2.05) is 65.2 Å². The van der Waals surface area contributed by atoms with Gasteiger partial charge in [0.05, 0.1) is 17.1 Å². The van der Waals surface area contributed by atoms with E-state index in [0.29, 0.717) is 25.9 Å². The van der Waals surface area contributed by atoms with E-state index in [1.54, 1.807) is 4.90 Å². The van der Waals surface area contributed by atoms with Gasteiger partial charge in [-0.2, -0.15) is 0 Å². The quantitative estimate of drug-likeness (QED) is 0.410. The van der Waals surface area contributed by atoms with Gasteiger partial charge in [-0.1, -0.05) is 60.7 Å². The number of nitrogens with one attached hydrogen (secondary N) is 1. The van der Waals surface area contributed by atoms with E-state index in [1.165, 1.54) is 0 Å². The minimum atomic E-state index is -0.917. The van der Waals surface area contributed by atoms with Crippen LogP contribution in [-0.4, -0.2) is 44.3 Å². The first-order valence-corrected chi connectivity index (χ1v) is 12.1. The van der Waals surface area contributed by atoms with E-state index in [2.05, 4.69) is 41.1 Å². The zero-order valence-corrected chi connectivity index (χ0v) is 19.7. The molecule has 4 aromatic rings. The predicted molar refractivity (Wildman–Crippen MR) is 138 cm³/mol. The second kappa shape index (κ2) is 9.70. The Morgan fingerprint density at radius 3 is 2.40 bits per heavy atom. The molecule has 1 fully saturated rings. The van der Waals surface area contributed by atoms with E-state index in [-0.39, 0.29) is 23.8 Å². The lowest BCUT2D eigenvalue weighted by Crippen LogP contribution is -2.56. The van der Waals surface area contributed by atoms with Crippen molar-refractivity contribution in [3.8, 4) is 0 Å². The molecule has 1 amide bonds. The number of anilines is 1. The van der Waals surface area contributed by atoms with Gasteiger partial charge in [0.2, 0.25) is 0 Å². The maximum Gasteiger partial charge on any atom is 0.407 e. The highest BCUT2D eigenvalue weighted by molar-refractivity contribution is 5.75. The molecule has 180 valence electrons. The van der Waals surface area contributed by atoms with Gasteiger partial charge in [-0.25, -0.2) is 9.59 Å². The molecule has 5 rings (SSSR count). The number of para-hydroxylation sites is 3. The summed E-state index contributed by atoms with van der Waals surface area (Å²) >= 11 is 0. The molecular weight excluding hydrogens is 440 g/mol. The Balaban J connectivity index is 1.51. The number of hydrogen-bond acceptors (Lipinski definition) is 3. The highest BCUT2D eigenvalue weighted by atomic mass is 16.4. The van der Waals surface area contributed by atoms with Gasteiger partial charge >= 0.3 is 11.8 Å². The number of carboxylic acid groups (broad SMARTS) is 1. The summed E-state index contributed by atoms with van der Waals surface area (Å²) in [6.45, 7) is 3.14. The Hall–Kier alpha value is -4.00. The third-order valence-corrected chi connectivity index (χ3v) is 7.18. The van der Waals surface area contributed by atoms with Crippen molar-refractivity contribution in [2.45, 2.75) is 44.4 Å². The van der Waals surface area contributed by atoms with Crippen LogP contribution in [0.15, 0.2) is 89.7 Å². The number of rotatable bonds is 6. The second-order valence-electron chi connectivity index (χ2n) is 9.23. The maximum absolute atomic E-state index is 12.9. The lowest BCUT2D eigenvalue weighted by atomic mass is 9.91. The molecule has 2 heterocycles. The number of imidazole rings is 1. The molecule has 1 aromatic heterocycles. The topological polar surface area (TPSA) is 81.6 Å². The van der Waals surface area contributed by atoms with E-state index in [0.717, 1.165) is 22.3 Å². The number of aromatic nitrogens is 2. The van der Waals surface area contributed by atoms with Crippen LogP contribution < -0.4 is 10.6 Å². The Morgan fingerprint density at radius 1 is 1.03 bits per heavy atom. The molecule has 3 unspecified atom stereocenters. The Bertz CT molecular complexity index is 1350. The molecule has 0 radical (unpaired) electrons. The number of likely N-dealkylation sites (tertiary alicyclic amines) is 1. The van der Waals surface area contributed by atoms with Gasteiger partial charge in [0.1, 0.15) is 0 Å². The van der Waals surface area contributed by atoms with Crippen molar-refractivity contribution < 1.29 is 9.90 Å². The van der Waals surface area contributed by atoms with E-state index >= 15 is 0 Å². The summed E-state index contributed by atoms with van der Waals surface area (Å²) in [5.74, 6) is 0. The molecule has 0 spiro atoms. The van der Waals surface area contributed by atoms with Gasteiger partial charge in [0.25, 0.3) is 0 Å². The van der Waals surface area contributed by atoms with Gasteiger partial charge in [-0.05, 0) is 49.6 Å². The number of hydrogen-bond donors (Lipinski definition) is 2. The van der Waals surface area contributed by atoms with Crippen LogP contribution in [0.2, 0.25) is 0 Å². The molecule has 7 heteroatoms. The highest BCUT2D eigenvalue weighted by Crippen LogP contribution is 2.33. The van der Waals surface area contributed by atoms with Gasteiger partial charge in [0, 0.05) is 30.9 Å². The largest absolute Gasteiger partial charge is 0.465 e. The first-order valence-electron chi connectivity index (χ1n) is 12.1. The van der Waals surface area contributed by atoms with Crippen molar-refractivity contribution in [1.82, 2.24) is 14.5 Å². The molecule has 0 bridgehead atoms. The number of carbonyl (C=O) groups is 1. The SMILES string of the molecule is CC(C1CC(n2c(=O)[nH]c3ccccc32)CCN1C(=O)O)N(Cc1ccccc1)c1ccccc1. The van der Waals surface area contributed by atoms with Crippen LogP contribution in [-0.2, 0) is 6.54 Å². The Labute approximate surface area is 204 Å². The molecule has 1 aliphatic rings. The van der Waals surface area contributed by atoms with Crippen LogP contribution in [0.1, 0.15) is 31.4 Å².